The van der Waals surface area contributed by atoms with Crippen LogP contribution in [0.5, 0.6) is 11.5 Å². The molecule has 3 aromatic carbocycles. The Morgan fingerprint density at radius 1 is 0.903 bits per heavy atom. The summed E-state index contributed by atoms with van der Waals surface area (Å²) in [5.41, 5.74) is 2.30. The van der Waals surface area contributed by atoms with Gasteiger partial charge in [0.25, 0.3) is 10.0 Å². The molecule has 0 radical (unpaired) electrons. The summed E-state index contributed by atoms with van der Waals surface area (Å²) in [6.45, 7) is 0. The summed E-state index contributed by atoms with van der Waals surface area (Å²) in [6.07, 6.45) is 1.09. The summed E-state index contributed by atoms with van der Waals surface area (Å²) < 4.78 is 38.5. The second-order valence-electron chi connectivity index (χ2n) is 6.78. The van der Waals surface area contributed by atoms with Gasteiger partial charge in [0, 0.05) is 11.8 Å². The Morgan fingerprint density at radius 3 is 2.35 bits per heavy atom. The summed E-state index contributed by atoms with van der Waals surface area (Å²) in [6, 6.07) is 18.2. The number of hydrogen-bond acceptors (Lipinski definition) is 5. The number of anilines is 1. The zero-order valence-electron chi connectivity index (χ0n) is 17.2. The highest BCUT2D eigenvalue weighted by molar-refractivity contribution is 7.92. The number of sulfonamides is 1. The summed E-state index contributed by atoms with van der Waals surface area (Å²) in [5, 5.41) is 9.32. The molecule has 0 saturated carbocycles. The molecule has 0 aliphatic rings. The van der Waals surface area contributed by atoms with Gasteiger partial charge in [0.15, 0.2) is 11.5 Å². The van der Waals surface area contributed by atoms with Gasteiger partial charge in [0.2, 0.25) is 0 Å². The van der Waals surface area contributed by atoms with E-state index in [1.165, 1.54) is 32.4 Å². The average Bonchev–Trinajstić information content (AvgIpc) is 2.77. The fourth-order valence-electron chi connectivity index (χ4n) is 3.21. The first-order valence-corrected chi connectivity index (χ1v) is 11.0. The molecule has 0 aromatic heterocycles. The Bertz CT molecular complexity index is 1190. The molecule has 7 nitrogen and oxygen atoms in total. The normalized spacial score (nSPS) is 11.0. The van der Waals surface area contributed by atoms with Crippen molar-refractivity contribution in [1.29, 1.82) is 0 Å². The van der Waals surface area contributed by atoms with Gasteiger partial charge in [0.1, 0.15) is 0 Å². The topological polar surface area (TPSA) is 102 Å². The number of rotatable bonds is 9. The molecule has 0 heterocycles. The number of carboxylic acid groups (broad SMARTS) is 1. The number of aryl methyl sites for hydroxylation is 2. The number of nitrogens with one attached hydrogen (secondary N) is 1. The van der Waals surface area contributed by atoms with Crippen LogP contribution in [-0.4, -0.2) is 33.7 Å². The number of ether oxygens (including phenoxy) is 2. The van der Waals surface area contributed by atoms with Gasteiger partial charge in [-0.15, -0.1) is 0 Å². The molecular formula is C23H23NO6S. The van der Waals surface area contributed by atoms with Gasteiger partial charge in [-0.3, -0.25) is 4.72 Å². The van der Waals surface area contributed by atoms with Crippen LogP contribution in [0.25, 0.3) is 0 Å². The molecule has 0 aliphatic carbocycles. The van der Waals surface area contributed by atoms with Crippen molar-refractivity contribution in [2.24, 2.45) is 0 Å². The molecule has 0 bridgehead atoms. The number of hydrogen-bond donors (Lipinski definition) is 2. The molecule has 0 saturated heterocycles. The van der Waals surface area contributed by atoms with Crippen molar-refractivity contribution in [2.45, 2.75) is 17.7 Å². The molecule has 3 aromatic rings. The number of aromatic carboxylic acids is 1. The highest BCUT2D eigenvalue weighted by atomic mass is 32.2. The average molecular weight is 442 g/mol. The predicted molar refractivity (Wildman–Crippen MR) is 118 cm³/mol. The van der Waals surface area contributed by atoms with Crippen LogP contribution < -0.4 is 14.2 Å². The summed E-state index contributed by atoms with van der Waals surface area (Å²) in [5.74, 6) is -0.214. The van der Waals surface area contributed by atoms with Gasteiger partial charge in [-0.25, -0.2) is 13.2 Å². The zero-order valence-corrected chi connectivity index (χ0v) is 18.0. The van der Waals surface area contributed by atoms with Gasteiger partial charge >= 0.3 is 5.97 Å². The Morgan fingerprint density at radius 2 is 1.65 bits per heavy atom. The van der Waals surface area contributed by atoms with Gasteiger partial charge in [-0.1, -0.05) is 30.3 Å². The second-order valence-corrected chi connectivity index (χ2v) is 8.47. The van der Waals surface area contributed by atoms with E-state index in [1.807, 2.05) is 6.07 Å². The van der Waals surface area contributed by atoms with Crippen molar-refractivity contribution < 1.29 is 27.8 Å². The monoisotopic (exact) mass is 441 g/mol. The van der Waals surface area contributed by atoms with Crippen LogP contribution in [-0.2, 0) is 22.9 Å². The lowest BCUT2D eigenvalue weighted by Crippen LogP contribution is -2.13. The van der Waals surface area contributed by atoms with E-state index in [4.69, 9.17) is 9.47 Å². The minimum Gasteiger partial charge on any atom is -0.493 e. The molecule has 0 unspecified atom stereocenters. The lowest BCUT2D eigenvalue weighted by Gasteiger charge is -2.12. The van der Waals surface area contributed by atoms with E-state index in [0.29, 0.717) is 30.0 Å². The van der Waals surface area contributed by atoms with Crippen LogP contribution in [0.3, 0.4) is 0 Å². The fraction of sp³-hybridized carbons (Fsp3) is 0.174. The van der Waals surface area contributed by atoms with Crippen molar-refractivity contribution in [3.05, 3.63) is 83.4 Å². The molecule has 8 heteroatoms. The van der Waals surface area contributed by atoms with E-state index < -0.39 is 16.0 Å². The second kappa shape index (κ2) is 9.53. The van der Waals surface area contributed by atoms with Crippen LogP contribution in [0.1, 0.15) is 21.5 Å². The third kappa shape index (κ3) is 5.35. The van der Waals surface area contributed by atoms with Crippen LogP contribution in [0.15, 0.2) is 71.6 Å². The van der Waals surface area contributed by atoms with Crippen molar-refractivity contribution in [2.75, 3.05) is 18.9 Å². The van der Waals surface area contributed by atoms with E-state index in [1.54, 1.807) is 42.5 Å². The minimum absolute atomic E-state index is 0.0472. The third-order valence-electron chi connectivity index (χ3n) is 4.78. The summed E-state index contributed by atoms with van der Waals surface area (Å²) in [4.78, 5) is 11.4. The number of methoxy groups -OCH3 is 2. The molecular weight excluding hydrogens is 418 g/mol. The van der Waals surface area contributed by atoms with Crippen LogP contribution in [0.4, 0.5) is 5.69 Å². The van der Waals surface area contributed by atoms with Crippen LogP contribution in [0.2, 0.25) is 0 Å². The lowest BCUT2D eigenvalue weighted by molar-refractivity contribution is 0.0695. The highest BCUT2D eigenvalue weighted by Crippen LogP contribution is 2.30. The maximum Gasteiger partial charge on any atom is 0.335 e. The molecule has 31 heavy (non-hydrogen) atoms. The Labute approximate surface area is 181 Å². The molecule has 162 valence electrons. The van der Waals surface area contributed by atoms with E-state index in [9.17, 15) is 18.3 Å². The molecule has 0 fully saturated rings. The molecule has 2 N–H and O–H groups in total. The molecule has 0 atom stereocenters. The first-order chi connectivity index (χ1) is 14.8. The van der Waals surface area contributed by atoms with Crippen molar-refractivity contribution in [3.8, 4) is 11.5 Å². The smallest absolute Gasteiger partial charge is 0.335 e. The van der Waals surface area contributed by atoms with E-state index in [-0.39, 0.29) is 10.5 Å². The first-order valence-electron chi connectivity index (χ1n) is 9.49. The number of benzene rings is 3. The van der Waals surface area contributed by atoms with Crippen molar-refractivity contribution in [3.63, 3.8) is 0 Å². The Hall–Kier alpha value is -3.52. The van der Waals surface area contributed by atoms with Crippen LogP contribution >= 0.6 is 0 Å². The SMILES string of the molecule is COc1ccc(S(=O)(=O)Nc2cccc(CCc3ccccc3C(=O)O)c2)cc1OC. The quantitative estimate of drug-likeness (QED) is 0.521. The number of carbonyl (C=O) groups is 1. The van der Waals surface area contributed by atoms with Gasteiger partial charge in [0.05, 0.1) is 24.7 Å². The van der Waals surface area contributed by atoms with Gasteiger partial charge < -0.3 is 14.6 Å². The molecule has 0 spiro atoms. The molecule has 3 rings (SSSR count). The molecule has 0 aliphatic heterocycles. The fourth-order valence-corrected chi connectivity index (χ4v) is 4.28. The van der Waals surface area contributed by atoms with E-state index in [2.05, 4.69) is 4.72 Å². The van der Waals surface area contributed by atoms with Crippen molar-refractivity contribution in [1.82, 2.24) is 0 Å². The summed E-state index contributed by atoms with van der Waals surface area (Å²) >= 11 is 0. The summed E-state index contributed by atoms with van der Waals surface area (Å²) in [7, 11) is -0.921. The third-order valence-corrected chi connectivity index (χ3v) is 6.15. The number of carboxylic acids is 1. The highest BCUT2D eigenvalue weighted by Gasteiger charge is 2.17. The lowest BCUT2D eigenvalue weighted by atomic mass is 10.00. The Kier molecular flexibility index (Phi) is 6.81. The first kappa shape index (κ1) is 22.2. The molecule has 0 amide bonds. The maximum absolute atomic E-state index is 12.8. The van der Waals surface area contributed by atoms with Crippen LogP contribution in [0, 0.1) is 0 Å². The maximum atomic E-state index is 12.8. The zero-order chi connectivity index (χ0) is 22.4. The standard InChI is InChI=1S/C23H23NO6S/c1-29-21-13-12-19(15-22(21)30-2)31(27,28)24-18-8-5-6-16(14-18)10-11-17-7-3-4-9-20(17)23(25)26/h3-9,12-15,24H,10-11H2,1-2H3,(H,25,26). The largest absolute Gasteiger partial charge is 0.493 e. The van der Waals surface area contributed by atoms with Gasteiger partial charge in [-0.05, 0) is 54.3 Å². The minimum atomic E-state index is -3.84. The van der Waals surface area contributed by atoms with E-state index in [0.717, 1.165) is 11.1 Å². The van der Waals surface area contributed by atoms with Crippen molar-refractivity contribution >= 4 is 21.7 Å². The predicted octanol–water partition coefficient (Wildman–Crippen LogP) is 3.99. The van der Waals surface area contributed by atoms with E-state index >= 15 is 0 Å². The van der Waals surface area contributed by atoms with Gasteiger partial charge in [-0.2, -0.15) is 0 Å². The Balaban J connectivity index is 1.77.